The molecule has 2 aromatic carbocycles. The van der Waals surface area contributed by atoms with Crippen LogP contribution >= 0.6 is 31.9 Å². The molecule has 7 heterocycles. The molecular weight excluding hydrogens is 838 g/mol. The van der Waals surface area contributed by atoms with Gasteiger partial charge in [0, 0.05) is 25.5 Å². The van der Waals surface area contributed by atoms with Crippen LogP contribution in [0.2, 0.25) is 0 Å². The Hall–Kier alpha value is -5.88. The summed E-state index contributed by atoms with van der Waals surface area (Å²) in [6, 6.07) is 7.84. The molecule has 0 bridgehead atoms. The van der Waals surface area contributed by atoms with E-state index in [4.69, 9.17) is 9.47 Å². The number of carboxylic acid groups (broad SMARTS) is 1. The number of methoxy groups -OCH3 is 2. The topological polar surface area (TPSA) is 208 Å². The van der Waals surface area contributed by atoms with Gasteiger partial charge in [-0.25, -0.2) is 24.7 Å². The van der Waals surface area contributed by atoms with Crippen LogP contribution in [0.3, 0.4) is 0 Å². The third-order valence-corrected chi connectivity index (χ3v) is 11.1. The number of amides is 1. The van der Waals surface area contributed by atoms with Crippen LogP contribution in [0, 0.1) is 0 Å². The number of likely N-dealkylation sites (tertiary alicyclic amines) is 1. The number of carbonyl (C=O) groups excluding carboxylic acids is 1. The first-order chi connectivity index (χ1) is 26.7. The Balaban J connectivity index is 0.000000158. The van der Waals surface area contributed by atoms with Gasteiger partial charge in [0.05, 0.1) is 58.4 Å². The lowest BCUT2D eigenvalue weighted by Crippen LogP contribution is -2.35. The lowest BCUT2D eigenvalue weighted by Gasteiger charge is -2.26. The van der Waals surface area contributed by atoms with Crippen molar-refractivity contribution in [1.29, 1.82) is 0 Å². The predicted molar refractivity (Wildman–Crippen MR) is 215 cm³/mol. The molecule has 4 aromatic heterocycles. The molecule has 0 radical (unpaired) electrons. The third kappa shape index (κ3) is 6.86. The average molecular weight is 872 g/mol. The number of H-pyrrole nitrogens is 2. The Bertz CT molecular complexity index is 2560. The van der Waals surface area contributed by atoms with Gasteiger partial charge in [0.2, 0.25) is 0 Å². The highest BCUT2D eigenvalue weighted by Gasteiger charge is 2.26. The Labute approximate surface area is 330 Å². The summed E-state index contributed by atoms with van der Waals surface area (Å²) in [5.41, 5.74) is 7.31. The number of rotatable bonds is 8. The van der Waals surface area contributed by atoms with Crippen molar-refractivity contribution in [3.63, 3.8) is 0 Å². The maximum Gasteiger partial charge on any atom is 0.353 e. The smallest absolute Gasteiger partial charge is 0.353 e. The largest absolute Gasteiger partial charge is 0.495 e. The molecular formula is C37H33Br2N11O5. The summed E-state index contributed by atoms with van der Waals surface area (Å²) < 4.78 is 12.1. The summed E-state index contributed by atoms with van der Waals surface area (Å²) in [4.78, 5) is 57.9. The van der Waals surface area contributed by atoms with Crippen LogP contribution in [-0.2, 0) is 13.1 Å². The van der Waals surface area contributed by atoms with E-state index in [-0.39, 0.29) is 11.6 Å². The number of benzene rings is 2. The van der Waals surface area contributed by atoms with Crippen LogP contribution < -0.4 is 20.1 Å². The van der Waals surface area contributed by atoms with Gasteiger partial charge in [-0.2, -0.15) is 0 Å². The normalized spacial score (nSPS) is 14.1. The molecule has 3 aliphatic rings. The minimum atomic E-state index is -1.08. The number of fused-ring (bicyclic) bond motifs is 4. The van der Waals surface area contributed by atoms with Gasteiger partial charge in [-0.05, 0) is 97.6 Å². The molecule has 0 aliphatic carbocycles. The number of ether oxygens (including phenoxy) is 2. The van der Waals surface area contributed by atoms with Crippen LogP contribution in [0.4, 0.5) is 23.0 Å². The number of anilines is 4. The number of aromatic nitrogens is 6. The molecule has 1 amide bonds. The van der Waals surface area contributed by atoms with Crippen molar-refractivity contribution >= 4 is 101 Å². The zero-order valence-electron chi connectivity index (χ0n) is 29.5. The van der Waals surface area contributed by atoms with Gasteiger partial charge in [-0.1, -0.05) is 0 Å². The quantitative estimate of drug-likeness (QED) is 0.104. The molecule has 280 valence electrons. The van der Waals surface area contributed by atoms with Crippen LogP contribution in [-0.4, -0.2) is 91.5 Å². The van der Waals surface area contributed by atoms with E-state index in [1.807, 2.05) is 41.6 Å². The van der Waals surface area contributed by atoms with Crippen LogP contribution in [0.15, 0.2) is 55.9 Å². The first kappa shape index (κ1) is 36.1. The van der Waals surface area contributed by atoms with Crippen LogP contribution in [0.5, 0.6) is 11.5 Å². The van der Waals surface area contributed by atoms with E-state index < -0.39 is 5.97 Å². The van der Waals surface area contributed by atoms with Gasteiger partial charge in [0.25, 0.3) is 5.91 Å². The summed E-state index contributed by atoms with van der Waals surface area (Å²) in [5.74, 6) is 1.32. The van der Waals surface area contributed by atoms with Gasteiger partial charge in [-0.3, -0.25) is 14.8 Å². The zero-order valence-corrected chi connectivity index (χ0v) is 32.7. The summed E-state index contributed by atoms with van der Waals surface area (Å²) >= 11 is 6.93. The van der Waals surface area contributed by atoms with Crippen molar-refractivity contribution in [2.75, 3.05) is 37.9 Å². The molecule has 1 fully saturated rings. The number of hydrogen-bond acceptors (Lipinski definition) is 12. The first-order valence-electron chi connectivity index (χ1n) is 17.3. The Morgan fingerprint density at radius 1 is 0.727 bits per heavy atom. The number of carboxylic acids is 1. The number of piperidine rings is 1. The Morgan fingerprint density at radius 2 is 1.22 bits per heavy atom. The number of hydrogen-bond donors (Lipinski definition) is 5. The number of nitrogens with one attached hydrogen (secondary N) is 4. The fourth-order valence-electron chi connectivity index (χ4n) is 6.78. The van der Waals surface area contributed by atoms with E-state index in [9.17, 15) is 14.7 Å². The lowest BCUT2D eigenvalue weighted by atomic mass is 10.1. The molecule has 16 nitrogen and oxygen atoms in total. The van der Waals surface area contributed by atoms with Crippen LogP contribution in [0.25, 0.3) is 22.1 Å². The van der Waals surface area contributed by atoms with E-state index in [1.165, 1.54) is 19.1 Å². The number of aromatic amines is 2. The van der Waals surface area contributed by atoms with E-state index >= 15 is 0 Å². The highest BCUT2D eigenvalue weighted by atomic mass is 79.9. The monoisotopic (exact) mass is 869 g/mol. The van der Waals surface area contributed by atoms with Gasteiger partial charge in [0.15, 0.2) is 0 Å². The lowest BCUT2D eigenvalue weighted by molar-refractivity contribution is 0.0688. The summed E-state index contributed by atoms with van der Waals surface area (Å²) in [6.07, 6.45) is 9.76. The minimum absolute atomic E-state index is 0.0168. The number of carbonyl (C=O) groups is 2. The molecule has 0 saturated carbocycles. The maximum atomic E-state index is 13.0. The summed E-state index contributed by atoms with van der Waals surface area (Å²) in [5, 5.41) is 17.1. The highest BCUT2D eigenvalue weighted by Crippen LogP contribution is 2.39. The molecule has 0 atom stereocenters. The standard InChI is InChI=1S/C21H21BrN6O2.C16H12BrN5O3/c1-30-15-8-13-10-23-9-12(13)7-14(15)26-19-16-17(22)18(27-20(16)25-11-24-19)21(29)28-5-3-2-4-6-28;1-25-10-3-8-5-18-4-7(8)2-9(10)21-14-11-12(17)13(16(23)24)22-15(11)20-6-19-14/h7-9,11H,2-6,10H2,1H3,(H2,24,25,26,27);2-4,6H,5H2,1H3,(H,23,24)(H2,19,20,21,22). The van der Waals surface area contributed by atoms with E-state index in [0.717, 1.165) is 59.3 Å². The maximum absolute atomic E-state index is 13.0. The SMILES string of the molecule is COc1cc2c(cc1Nc1ncnc3[nH]c(C(=O)N4CCCCC4)c(Br)c13)C=NC2.COc1cc2c(cc1Nc1ncnc3[nH]c(C(=O)O)c(Br)c13)C=NC2. The van der Waals surface area contributed by atoms with Crippen LogP contribution in [0.1, 0.15) is 62.5 Å². The van der Waals surface area contributed by atoms with Crippen molar-refractivity contribution < 1.29 is 24.2 Å². The number of halogens is 2. The van der Waals surface area contributed by atoms with E-state index in [0.29, 0.717) is 73.2 Å². The fourth-order valence-corrected chi connectivity index (χ4v) is 8.07. The van der Waals surface area contributed by atoms with Crippen molar-refractivity contribution in [3.05, 3.63) is 79.5 Å². The summed E-state index contributed by atoms with van der Waals surface area (Å²) in [6.45, 7) is 2.86. The zero-order chi connectivity index (χ0) is 38.2. The minimum Gasteiger partial charge on any atom is -0.495 e. The number of aromatic carboxylic acids is 1. The van der Waals surface area contributed by atoms with Gasteiger partial charge < -0.3 is 40.1 Å². The number of aliphatic imine (C=N–C) groups is 2. The molecule has 6 aromatic rings. The molecule has 5 N–H and O–H groups in total. The van der Waals surface area contributed by atoms with Gasteiger partial charge in [-0.15, -0.1) is 0 Å². The van der Waals surface area contributed by atoms with Gasteiger partial charge >= 0.3 is 5.97 Å². The third-order valence-electron chi connectivity index (χ3n) is 9.54. The second-order valence-corrected chi connectivity index (χ2v) is 14.5. The Morgan fingerprint density at radius 3 is 1.71 bits per heavy atom. The molecule has 55 heavy (non-hydrogen) atoms. The molecule has 0 unspecified atom stereocenters. The molecule has 18 heteroatoms. The Kier molecular flexibility index (Phi) is 9.91. The van der Waals surface area contributed by atoms with E-state index in [1.54, 1.807) is 14.2 Å². The second kappa shape index (κ2) is 15.1. The van der Waals surface area contributed by atoms with Crippen molar-refractivity contribution in [2.45, 2.75) is 32.4 Å². The van der Waals surface area contributed by atoms with Gasteiger partial charge in [0.1, 0.15) is 58.5 Å². The summed E-state index contributed by atoms with van der Waals surface area (Å²) in [7, 11) is 3.23. The number of nitrogens with zero attached hydrogens (tertiary/aromatic N) is 7. The highest BCUT2D eigenvalue weighted by molar-refractivity contribution is 9.11. The van der Waals surface area contributed by atoms with Crippen molar-refractivity contribution in [3.8, 4) is 11.5 Å². The molecule has 1 saturated heterocycles. The van der Waals surface area contributed by atoms with Crippen molar-refractivity contribution in [2.24, 2.45) is 9.98 Å². The molecule has 3 aliphatic heterocycles. The predicted octanol–water partition coefficient (Wildman–Crippen LogP) is 7.13. The second-order valence-electron chi connectivity index (χ2n) is 12.9. The molecule has 9 rings (SSSR count). The van der Waals surface area contributed by atoms with Crippen molar-refractivity contribution in [1.82, 2.24) is 34.8 Å². The average Bonchev–Trinajstić information content (AvgIpc) is 4.00. The first-order valence-corrected chi connectivity index (χ1v) is 18.8. The fraction of sp³-hybridized carbons (Fsp3) is 0.243. The molecule has 0 spiro atoms. The van der Waals surface area contributed by atoms with E-state index in [2.05, 4.69) is 82.4 Å².